The van der Waals surface area contributed by atoms with Crippen LogP contribution in [-0.2, 0) is 12.8 Å². The van der Waals surface area contributed by atoms with Crippen molar-refractivity contribution in [2.24, 2.45) is 0 Å². The van der Waals surface area contributed by atoms with Gasteiger partial charge in [0.15, 0.2) is 0 Å². The molecule has 2 aromatic carbocycles. The van der Waals surface area contributed by atoms with Crippen LogP contribution in [0.15, 0.2) is 42.5 Å². The summed E-state index contributed by atoms with van der Waals surface area (Å²) in [6.45, 7) is 6.95. The molecule has 0 aliphatic carbocycles. The van der Waals surface area contributed by atoms with Crippen LogP contribution < -0.4 is 3.58 Å². The van der Waals surface area contributed by atoms with Crippen molar-refractivity contribution in [3.05, 3.63) is 65.2 Å². The summed E-state index contributed by atoms with van der Waals surface area (Å²) in [4.78, 5) is 0. The van der Waals surface area contributed by atoms with Crippen molar-refractivity contribution < 1.29 is 8.78 Å². The van der Waals surface area contributed by atoms with Crippen molar-refractivity contribution in [2.75, 3.05) is 0 Å². The van der Waals surface area contributed by atoms with E-state index in [-0.39, 0.29) is 0 Å². The molecule has 0 fully saturated rings. The third-order valence-electron chi connectivity index (χ3n) is 6.28. The van der Waals surface area contributed by atoms with E-state index in [4.69, 9.17) is 0 Å². The SMILES string of the molecule is CCC[CH2][Sn]([CH2]CCC)([CH2]CCC)[c]1ccc(CCc2ccc(F)c(F)c2)cc1. The fraction of sp³-hybridized carbons (Fsp3) is 0.538. The average Bonchev–Trinajstić information content (AvgIpc) is 2.75. The molecule has 0 nitrogen and oxygen atoms in total. The molecule has 0 saturated heterocycles. The van der Waals surface area contributed by atoms with E-state index in [2.05, 4.69) is 45.0 Å². The van der Waals surface area contributed by atoms with Crippen LogP contribution in [0.4, 0.5) is 8.78 Å². The Kier molecular flexibility index (Phi) is 10.7. The summed E-state index contributed by atoms with van der Waals surface area (Å²) in [7, 11) is 0. The molecule has 0 N–H and O–H groups in total. The molecule has 29 heavy (non-hydrogen) atoms. The summed E-state index contributed by atoms with van der Waals surface area (Å²) in [6.07, 6.45) is 9.62. The van der Waals surface area contributed by atoms with Crippen LogP contribution in [0.2, 0.25) is 13.3 Å². The Balaban J connectivity index is 2.13. The van der Waals surface area contributed by atoms with Gasteiger partial charge in [-0.25, -0.2) is 0 Å². The Hall–Kier alpha value is -0.901. The molecular weight excluding hydrogens is 469 g/mol. The molecule has 3 heteroatoms. The molecule has 0 aromatic heterocycles. The van der Waals surface area contributed by atoms with Gasteiger partial charge in [-0.2, -0.15) is 0 Å². The molecule has 0 aliphatic rings. The summed E-state index contributed by atoms with van der Waals surface area (Å²) >= 11 is -2.35. The van der Waals surface area contributed by atoms with Gasteiger partial charge in [0.1, 0.15) is 0 Å². The van der Waals surface area contributed by atoms with Crippen molar-refractivity contribution in [3.63, 3.8) is 0 Å². The van der Waals surface area contributed by atoms with E-state index in [0.717, 1.165) is 18.4 Å². The molecule has 0 spiro atoms. The van der Waals surface area contributed by atoms with E-state index in [0.29, 0.717) is 0 Å². The van der Waals surface area contributed by atoms with Gasteiger partial charge in [-0.05, 0) is 0 Å². The summed E-state index contributed by atoms with van der Waals surface area (Å²) < 4.78 is 32.7. The molecule has 0 unspecified atom stereocenters. The summed E-state index contributed by atoms with van der Waals surface area (Å²) in [5.74, 6) is -1.52. The van der Waals surface area contributed by atoms with Gasteiger partial charge in [-0.3, -0.25) is 0 Å². The second-order valence-electron chi connectivity index (χ2n) is 8.54. The normalized spacial score (nSPS) is 11.8. The van der Waals surface area contributed by atoms with Gasteiger partial charge in [0, 0.05) is 0 Å². The monoisotopic (exact) mass is 508 g/mol. The minimum atomic E-state index is -2.35. The van der Waals surface area contributed by atoms with Crippen molar-refractivity contribution in [3.8, 4) is 0 Å². The summed E-state index contributed by atoms with van der Waals surface area (Å²) in [6, 6.07) is 13.7. The number of unbranched alkanes of at least 4 members (excludes halogenated alkanes) is 3. The van der Waals surface area contributed by atoms with Crippen LogP contribution in [-0.4, -0.2) is 18.4 Å². The van der Waals surface area contributed by atoms with Gasteiger partial charge in [-0.15, -0.1) is 0 Å². The first-order valence-electron chi connectivity index (χ1n) is 11.6. The van der Waals surface area contributed by atoms with E-state index in [1.165, 1.54) is 69.5 Å². The maximum atomic E-state index is 13.4. The Bertz CT molecular complexity index is 702. The number of aryl methyl sites for hydroxylation is 2. The minimum absolute atomic E-state index is 0.743. The van der Waals surface area contributed by atoms with E-state index >= 15 is 0 Å². The quantitative estimate of drug-likeness (QED) is 0.243. The van der Waals surface area contributed by atoms with Crippen LogP contribution in [0, 0.1) is 11.6 Å². The van der Waals surface area contributed by atoms with Gasteiger partial charge >= 0.3 is 181 Å². The molecule has 2 rings (SSSR count). The molecule has 2 aromatic rings. The Morgan fingerprint density at radius 2 is 1.10 bits per heavy atom. The van der Waals surface area contributed by atoms with Crippen molar-refractivity contribution in [1.82, 2.24) is 0 Å². The Morgan fingerprint density at radius 3 is 1.59 bits per heavy atom. The molecule has 0 heterocycles. The zero-order valence-electron chi connectivity index (χ0n) is 18.6. The number of benzene rings is 2. The first-order chi connectivity index (χ1) is 14.0. The predicted octanol–water partition coefficient (Wildman–Crippen LogP) is 7.81. The number of hydrogen-bond donors (Lipinski definition) is 0. The third-order valence-corrected chi connectivity index (χ3v) is 21.9. The Labute approximate surface area is 181 Å². The summed E-state index contributed by atoms with van der Waals surface area (Å²) in [5, 5.41) is 0. The number of halogens is 2. The predicted molar refractivity (Wildman–Crippen MR) is 125 cm³/mol. The third kappa shape index (κ3) is 7.38. The van der Waals surface area contributed by atoms with Crippen LogP contribution in [0.5, 0.6) is 0 Å². The average molecular weight is 507 g/mol. The van der Waals surface area contributed by atoms with Gasteiger partial charge in [0.25, 0.3) is 0 Å². The molecule has 0 aliphatic heterocycles. The van der Waals surface area contributed by atoms with E-state index < -0.39 is 30.0 Å². The van der Waals surface area contributed by atoms with Gasteiger partial charge in [0.05, 0.1) is 0 Å². The first kappa shape index (κ1) is 24.4. The Morgan fingerprint density at radius 1 is 0.621 bits per heavy atom. The van der Waals surface area contributed by atoms with Crippen molar-refractivity contribution in [1.29, 1.82) is 0 Å². The first-order valence-corrected chi connectivity index (χ1v) is 19.1. The fourth-order valence-electron chi connectivity index (χ4n) is 4.36. The van der Waals surface area contributed by atoms with Gasteiger partial charge in [0.2, 0.25) is 0 Å². The molecule has 0 atom stereocenters. The van der Waals surface area contributed by atoms with Crippen LogP contribution in [0.3, 0.4) is 0 Å². The van der Waals surface area contributed by atoms with Crippen LogP contribution in [0.1, 0.15) is 70.4 Å². The maximum absolute atomic E-state index is 13.4. The molecular formula is C26H38F2Sn. The molecule has 0 radical (unpaired) electrons. The topological polar surface area (TPSA) is 0 Å². The van der Waals surface area contributed by atoms with Crippen molar-refractivity contribution >= 4 is 22.0 Å². The second-order valence-corrected chi connectivity index (χ2v) is 21.8. The molecule has 0 amide bonds. The van der Waals surface area contributed by atoms with Gasteiger partial charge in [-0.1, -0.05) is 0 Å². The van der Waals surface area contributed by atoms with Crippen LogP contribution >= 0.6 is 0 Å². The second kappa shape index (κ2) is 12.7. The van der Waals surface area contributed by atoms with Crippen molar-refractivity contribution in [2.45, 2.75) is 85.4 Å². The van der Waals surface area contributed by atoms with E-state index in [1.54, 1.807) is 9.65 Å². The summed E-state index contributed by atoms with van der Waals surface area (Å²) in [5.41, 5.74) is 2.15. The zero-order chi connectivity index (χ0) is 21.1. The fourth-order valence-corrected chi connectivity index (χ4v) is 20.3. The molecule has 0 bridgehead atoms. The molecule has 160 valence electrons. The number of rotatable bonds is 13. The van der Waals surface area contributed by atoms with Crippen LogP contribution in [0.25, 0.3) is 0 Å². The standard InChI is InChI=1S/C14H11F2.3C4H9.Sn/c15-13-9-8-12(10-14(13)16)7-6-11-4-2-1-3-5-11;3*1-3-4-2;/h2-5,8-10H,6-7H2;3*1,3-4H2,2H3;. The number of hydrogen-bond acceptors (Lipinski definition) is 0. The molecule has 0 saturated carbocycles. The zero-order valence-corrected chi connectivity index (χ0v) is 21.4. The van der Waals surface area contributed by atoms with E-state index in [1.807, 2.05) is 0 Å². The van der Waals surface area contributed by atoms with E-state index in [9.17, 15) is 8.78 Å². The van der Waals surface area contributed by atoms with Gasteiger partial charge < -0.3 is 0 Å².